The van der Waals surface area contributed by atoms with E-state index in [0.717, 1.165) is 49.8 Å². The first-order valence-corrected chi connectivity index (χ1v) is 17.4. The van der Waals surface area contributed by atoms with E-state index in [4.69, 9.17) is 37.7 Å². The molecule has 0 unspecified atom stereocenters. The number of pyridine rings is 2. The molecule has 2 fully saturated rings. The van der Waals surface area contributed by atoms with E-state index in [0.29, 0.717) is 93.0 Å². The fourth-order valence-corrected chi connectivity index (χ4v) is 7.37. The summed E-state index contributed by atoms with van der Waals surface area (Å²) in [6.07, 6.45) is 6.20. The molecule has 2 atom stereocenters. The second kappa shape index (κ2) is 15.7. The number of aryl methyl sites for hydroxylation is 1. The third kappa shape index (κ3) is 8.06. The van der Waals surface area contributed by atoms with Gasteiger partial charge in [0.25, 0.3) is 0 Å². The number of ketones is 1. The van der Waals surface area contributed by atoms with Gasteiger partial charge in [-0.1, -0.05) is 53.5 Å². The largest absolute Gasteiger partial charge is 0.481 e. The highest BCUT2D eigenvalue weighted by atomic mass is 35.5. The quantitative estimate of drug-likeness (QED) is 0.145. The number of methoxy groups -OCH3 is 2. The van der Waals surface area contributed by atoms with Gasteiger partial charge >= 0.3 is 0 Å². The van der Waals surface area contributed by atoms with E-state index in [2.05, 4.69) is 15.6 Å². The number of carbonyl (C=O) groups excluding carboxylic acids is 2. The number of halogens is 3. The Morgan fingerprint density at radius 3 is 2.22 bits per heavy atom. The molecule has 2 aromatic carbocycles. The van der Waals surface area contributed by atoms with Crippen LogP contribution in [-0.2, 0) is 22.6 Å². The van der Waals surface area contributed by atoms with Crippen LogP contribution in [0.15, 0.2) is 54.6 Å². The number of benzene rings is 2. The number of carbonyl (C=O) groups is 2. The van der Waals surface area contributed by atoms with Crippen LogP contribution in [0.1, 0.15) is 56.1 Å². The zero-order chi connectivity index (χ0) is 34.5. The molecule has 0 radical (unpaired) electrons. The first-order chi connectivity index (χ1) is 23.7. The van der Waals surface area contributed by atoms with Gasteiger partial charge in [0.1, 0.15) is 11.6 Å². The highest BCUT2D eigenvalue weighted by Crippen LogP contribution is 2.43. The summed E-state index contributed by atoms with van der Waals surface area (Å²) in [5.74, 6) is 1.21. The Balaban J connectivity index is 1.23. The molecule has 49 heavy (non-hydrogen) atoms. The van der Waals surface area contributed by atoms with Crippen molar-refractivity contribution in [2.24, 2.45) is 5.92 Å². The molecule has 3 heterocycles. The first-order valence-electron chi connectivity index (χ1n) is 16.6. The van der Waals surface area contributed by atoms with E-state index < -0.39 is 5.82 Å². The molecule has 2 aromatic heterocycles. The zero-order valence-corrected chi connectivity index (χ0v) is 29.1. The lowest BCUT2D eigenvalue weighted by molar-refractivity contribution is -0.119. The second-order valence-electron chi connectivity index (χ2n) is 12.7. The van der Waals surface area contributed by atoms with Crippen LogP contribution in [0.4, 0.5) is 4.39 Å². The Hall–Kier alpha value is -4.05. The van der Waals surface area contributed by atoms with Crippen molar-refractivity contribution in [2.75, 3.05) is 20.8 Å². The minimum Gasteiger partial charge on any atom is -0.481 e. The summed E-state index contributed by atoms with van der Waals surface area (Å²) in [5, 5.41) is 7.09. The number of Topliss-reactive ketones (excluding diaryl/α,β-unsaturated/α-hetero) is 1. The van der Waals surface area contributed by atoms with Gasteiger partial charge < -0.3 is 20.1 Å². The molecule has 1 saturated heterocycles. The van der Waals surface area contributed by atoms with Crippen molar-refractivity contribution in [3.8, 4) is 45.4 Å². The normalized spacial score (nSPS) is 17.4. The molecule has 6 rings (SSSR count). The van der Waals surface area contributed by atoms with E-state index in [1.54, 1.807) is 26.4 Å². The molecule has 1 amide bonds. The second-order valence-corrected chi connectivity index (χ2v) is 13.4. The maximum absolute atomic E-state index is 15.3. The lowest BCUT2D eigenvalue weighted by Crippen LogP contribution is -2.25. The monoisotopic (exact) mass is 704 g/mol. The molecule has 2 N–H and O–H groups in total. The SMILES string of the molecule is COc1nc(-c2cccc(-c3cc(F)cc(-c4ccc(CNC[C@@H]5CCC(=O)C5)c(OC)n4)c3Cl)c2Cl)ccc1CCC[C@@H]1CCC(=O)N1. The number of hydrogen-bond acceptors (Lipinski definition) is 7. The van der Waals surface area contributed by atoms with Crippen molar-refractivity contribution in [3.63, 3.8) is 0 Å². The Labute approximate surface area is 295 Å². The summed E-state index contributed by atoms with van der Waals surface area (Å²) in [6, 6.07) is 16.0. The third-order valence-corrected chi connectivity index (χ3v) is 10.1. The molecule has 0 spiro atoms. The van der Waals surface area contributed by atoms with E-state index >= 15 is 4.39 Å². The number of nitrogens with one attached hydrogen (secondary N) is 2. The van der Waals surface area contributed by atoms with E-state index in [1.165, 1.54) is 12.1 Å². The van der Waals surface area contributed by atoms with Crippen LogP contribution in [0.5, 0.6) is 11.8 Å². The maximum atomic E-state index is 15.3. The van der Waals surface area contributed by atoms with Crippen molar-refractivity contribution in [3.05, 3.63) is 81.6 Å². The van der Waals surface area contributed by atoms with Gasteiger partial charge in [-0.15, -0.1) is 0 Å². The molecule has 0 bridgehead atoms. The highest BCUT2D eigenvalue weighted by molar-refractivity contribution is 6.39. The fourth-order valence-electron chi connectivity index (χ4n) is 6.74. The fraction of sp³-hybridized carbons (Fsp3) is 0.368. The van der Waals surface area contributed by atoms with Gasteiger partial charge in [-0.25, -0.2) is 14.4 Å². The lowest BCUT2D eigenvalue weighted by Gasteiger charge is -2.16. The van der Waals surface area contributed by atoms with Crippen LogP contribution >= 0.6 is 23.2 Å². The number of amides is 1. The maximum Gasteiger partial charge on any atom is 0.220 e. The van der Waals surface area contributed by atoms with Crippen LogP contribution in [0.25, 0.3) is 33.6 Å². The summed E-state index contributed by atoms with van der Waals surface area (Å²) in [4.78, 5) is 32.6. The van der Waals surface area contributed by atoms with Gasteiger partial charge in [0, 0.05) is 65.2 Å². The molecule has 2 aliphatic rings. The third-order valence-electron chi connectivity index (χ3n) is 9.32. The minimum absolute atomic E-state index is 0.119. The first kappa shape index (κ1) is 34.8. The van der Waals surface area contributed by atoms with Crippen molar-refractivity contribution < 1.29 is 23.5 Å². The van der Waals surface area contributed by atoms with Gasteiger partial charge in [-0.3, -0.25) is 9.59 Å². The van der Waals surface area contributed by atoms with Gasteiger partial charge in [-0.2, -0.15) is 0 Å². The predicted molar refractivity (Wildman–Crippen MR) is 190 cm³/mol. The van der Waals surface area contributed by atoms with Crippen molar-refractivity contribution in [2.45, 2.75) is 64.0 Å². The molecule has 1 aliphatic heterocycles. The standard InChI is InChI=1S/C38H39Cl2FN4O4/c1-48-37-23(5-3-6-26-12-16-34(47)43-26)10-14-32(44-37)29-8-4-7-28(35(29)39)30-18-25(41)19-31(36(30)40)33-15-11-24(38(45-33)49-2)21-42-20-22-9-13-27(46)17-22/h4,7-8,10-11,14-15,18-19,22,26,42H,3,5-6,9,12-13,16-17,20-21H2,1-2H3,(H,43,47)/t22-,26-/m1/s1. The molecular weight excluding hydrogens is 666 g/mol. The smallest absolute Gasteiger partial charge is 0.220 e. The van der Waals surface area contributed by atoms with Crippen LogP contribution < -0.4 is 20.1 Å². The summed E-state index contributed by atoms with van der Waals surface area (Å²) in [7, 11) is 3.13. The summed E-state index contributed by atoms with van der Waals surface area (Å²) >= 11 is 14.0. The van der Waals surface area contributed by atoms with Crippen LogP contribution in [0.2, 0.25) is 10.0 Å². The lowest BCUT2D eigenvalue weighted by atomic mass is 9.97. The number of nitrogens with zero attached hydrogens (tertiary/aromatic N) is 2. The Morgan fingerprint density at radius 2 is 1.53 bits per heavy atom. The Kier molecular flexibility index (Phi) is 11.1. The van der Waals surface area contributed by atoms with Crippen molar-refractivity contribution in [1.82, 2.24) is 20.6 Å². The van der Waals surface area contributed by atoms with E-state index in [-0.39, 0.29) is 11.9 Å². The molecular formula is C38H39Cl2FN4O4. The summed E-state index contributed by atoms with van der Waals surface area (Å²) in [5.41, 5.74) is 4.90. The number of ether oxygens (including phenoxy) is 2. The Bertz CT molecular complexity index is 1870. The summed E-state index contributed by atoms with van der Waals surface area (Å²) < 4.78 is 26.5. The summed E-state index contributed by atoms with van der Waals surface area (Å²) in [6.45, 7) is 1.26. The van der Waals surface area contributed by atoms with Crippen molar-refractivity contribution >= 4 is 34.9 Å². The van der Waals surface area contributed by atoms with Gasteiger partial charge in [-0.05, 0) is 68.8 Å². The molecule has 8 nitrogen and oxygen atoms in total. The average molecular weight is 706 g/mol. The molecule has 1 saturated carbocycles. The minimum atomic E-state index is -0.491. The highest BCUT2D eigenvalue weighted by Gasteiger charge is 2.23. The number of aromatic nitrogens is 2. The predicted octanol–water partition coefficient (Wildman–Crippen LogP) is 8.00. The van der Waals surface area contributed by atoms with E-state index in [9.17, 15) is 9.59 Å². The number of hydrogen-bond donors (Lipinski definition) is 2. The molecule has 4 aromatic rings. The van der Waals surface area contributed by atoms with Crippen LogP contribution in [0.3, 0.4) is 0 Å². The molecule has 1 aliphatic carbocycles. The van der Waals surface area contributed by atoms with Gasteiger partial charge in [0.2, 0.25) is 17.7 Å². The zero-order valence-electron chi connectivity index (χ0n) is 27.6. The Morgan fingerprint density at radius 1 is 0.857 bits per heavy atom. The van der Waals surface area contributed by atoms with Crippen LogP contribution in [-0.4, -0.2) is 48.5 Å². The van der Waals surface area contributed by atoms with Crippen molar-refractivity contribution in [1.29, 1.82) is 0 Å². The molecule has 256 valence electrons. The molecule has 11 heteroatoms. The average Bonchev–Trinajstić information content (AvgIpc) is 3.72. The van der Waals surface area contributed by atoms with Gasteiger partial charge in [0.15, 0.2) is 0 Å². The van der Waals surface area contributed by atoms with Gasteiger partial charge in [0.05, 0.1) is 35.7 Å². The van der Waals surface area contributed by atoms with E-state index in [1.807, 2.05) is 30.3 Å². The topological polar surface area (TPSA) is 102 Å². The van der Waals surface area contributed by atoms with Crippen LogP contribution in [0, 0.1) is 11.7 Å². The number of rotatable bonds is 13.